The lowest BCUT2D eigenvalue weighted by atomic mass is 9.98. The highest BCUT2D eigenvalue weighted by molar-refractivity contribution is 14.1. The highest BCUT2D eigenvalue weighted by Gasteiger charge is 2.31. The van der Waals surface area contributed by atoms with Crippen LogP contribution in [-0.2, 0) is 14.3 Å². The maximum Gasteiger partial charge on any atom is 0.321 e. The quantitative estimate of drug-likeness (QED) is 0.327. The summed E-state index contributed by atoms with van der Waals surface area (Å²) in [5.74, 6) is -4.07. The van der Waals surface area contributed by atoms with E-state index in [9.17, 15) is 14.4 Å². The molecule has 21 heavy (non-hydrogen) atoms. The summed E-state index contributed by atoms with van der Waals surface area (Å²) in [6.07, 6.45) is -0.179. The largest absolute Gasteiger partial charge is 0.481 e. The Balaban J connectivity index is 2.78. The van der Waals surface area contributed by atoms with E-state index in [4.69, 9.17) is 9.84 Å². The van der Waals surface area contributed by atoms with Crippen LogP contribution in [0.5, 0.6) is 0 Å². The lowest BCUT2D eigenvalue weighted by molar-refractivity contribution is -0.161. The maximum atomic E-state index is 12.1. The van der Waals surface area contributed by atoms with Crippen molar-refractivity contribution in [1.82, 2.24) is 0 Å². The first kappa shape index (κ1) is 17.6. The number of ether oxygens (including phenoxy) is 1. The van der Waals surface area contributed by atoms with Crippen LogP contribution >= 0.6 is 22.6 Å². The van der Waals surface area contributed by atoms with Gasteiger partial charge in [0.25, 0.3) is 0 Å². The molecule has 5 nitrogen and oxygen atoms in total. The van der Waals surface area contributed by atoms with E-state index in [1.54, 1.807) is 31.2 Å². The Hall–Kier alpha value is -1.44. The second-order valence-electron chi connectivity index (χ2n) is 4.68. The molecule has 1 N–H and O–H groups in total. The standard InChI is InChI=1S/C15H17IO5/c1-3-9(2)21-15(20)12(14(18)19)8-13(17)10-4-6-11(16)7-5-10/h4-7,9,12H,3,8H2,1-2H3,(H,18,19). The fourth-order valence-corrected chi connectivity index (χ4v) is 1.93. The molecule has 0 saturated heterocycles. The number of hydrogen-bond donors (Lipinski definition) is 1. The molecule has 0 amide bonds. The molecule has 0 saturated carbocycles. The van der Waals surface area contributed by atoms with E-state index in [2.05, 4.69) is 22.6 Å². The van der Waals surface area contributed by atoms with Gasteiger partial charge < -0.3 is 9.84 Å². The highest BCUT2D eigenvalue weighted by atomic mass is 127. The minimum Gasteiger partial charge on any atom is -0.481 e. The molecule has 1 aromatic carbocycles. The summed E-state index contributed by atoms with van der Waals surface area (Å²) >= 11 is 2.10. The predicted octanol–water partition coefficient (Wildman–Crippen LogP) is 2.91. The first-order valence-electron chi connectivity index (χ1n) is 6.57. The van der Waals surface area contributed by atoms with Crippen molar-refractivity contribution in [2.75, 3.05) is 0 Å². The van der Waals surface area contributed by atoms with E-state index in [0.717, 1.165) is 3.57 Å². The van der Waals surface area contributed by atoms with Crippen LogP contribution in [-0.4, -0.2) is 28.9 Å². The Morgan fingerprint density at radius 1 is 1.24 bits per heavy atom. The minimum atomic E-state index is -1.47. The number of carbonyl (C=O) groups excluding carboxylic acids is 2. The SMILES string of the molecule is CCC(C)OC(=O)C(CC(=O)c1ccc(I)cc1)C(=O)O. The lowest BCUT2D eigenvalue weighted by Gasteiger charge is -2.15. The maximum absolute atomic E-state index is 12.1. The molecule has 0 fully saturated rings. The van der Waals surface area contributed by atoms with Crippen LogP contribution in [0.2, 0.25) is 0 Å². The molecule has 0 aliphatic heterocycles. The number of carboxylic acids is 1. The van der Waals surface area contributed by atoms with Gasteiger partial charge in [0.2, 0.25) is 0 Å². The summed E-state index contributed by atoms with van der Waals surface area (Å²) in [4.78, 5) is 35.1. The Morgan fingerprint density at radius 2 is 1.81 bits per heavy atom. The summed E-state index contributed by atoms with van der Waals surface area (Å²) < 4.78 is 5.97. The van der Waals surface area contributed by atoms with Gasteiger partial charge in [0.05, 0.1) is 6.10 Å². The van der Waals surface area contributed by atoms with E-state index in [1.165, 1.54) is 0 Å². The molecule has 0 heterocycles. The zero-order chi connectivity index (χ0) is 16.0. The molecular weight excluding hydrogens is 387 g/mol. The van der Waals surface area contributed by atoms with Crippen molar-refractivity contribution in [2.24, 2.45) is 5.92 Å². The summed E-state index contributed by atoms with van der Waals surface area (Å²) in [6.45, 7) is 3.50. The molecule has 0 aliphatic rings. The molecule has 2 unspecified atom stereocenters. The van der Waals surface area contributed by atoms with E-state index in [1.807, 2.05) is 6.92 Å². The van der Waals surface area contributed by atoms with Crippen molar-refractivity contribution in [3.05, 3.63) is 33.4 Å². The van der Waals surface area contributed by atoms with Crippen LogP contribution in [0.4, 0.5) is 0 Å². The van der Waals surface area contributed by atoms with Crippen molar-refractivity contribution in [2.45, 2.75) is 32.8 Å². The Labute approximate surface area is 136 Å². The van der Waals surface area contributed by atoms with Gasteiger partial charge in [0.1, 0.15) is 0 Å². The van der Waals surface area contributed by atoms with Crippen LogP contribution in [0, 0.1) is 9.49 Å². The number of carboxylic acid groups (broad SMARTS) is 1. The first-order valence-corrected chi connectivity index (χ1v) is 7.65. The number of esters is 1. The topological polar surface area (TPSA) is 80.7 Å². The van der Waals surface area contributed by atoms with Crippen molar-refractivity contribution >= 4 is 40.3 Å². The molecule has 114 valence electrons. The molecule has 0 bridgehead atoms. The number of benzene rings is 1. The molecule has 1 aromatic rings. The lowest BCUT2D eigenvalue weighted by Crippen LogP contribution is -2.30. The molecule has 0 spiro atoms. The van der Waals surface area contributed by atoms with Gasteiger partial charge in [-0.05, 0) is 48.1 Å². The van der Waals surface area contributed by atoms with Gasteiger partial charge in [-0.3, -0.25) is 14.4 Å². The number of Topliss-reactive ketones (excluding diaryl/α,β-unsaturated/α-hetero) is 1. The summed E-state index contributed by atoms with van der Waals surface area (Å²) in [5.41, 5.74) is 0.387. The van der Waals surface area contributed by atoms with Gasteiger partial charge in [-0.1, -0.05) is 19.1 Å². The van der Waals surface area contributed by atoms with Gasteiger partial charge in [0.15, 0.2) is 11.7 Å². The zero-order valence-corrected chi connectivity index (χ0v) is 14.0. The average Bonchev–Trinajstić information content (AvgIpc) is 2.44. The molecule has 6 heteroatoms. The summed E-state index contributed by atoms with van der Waals surface area (Å²) in [6, 6.07) is 6.73. The summed E-state index contributed by atoms with van der Waals surface area (Å²) in [5, 5.41) is 9.11. The van der Waals surface area contributed by atoms with Crippen molar-refractivity contribution in [3.8, 4) is 0 Å². The number of halogens is 1. The van der Waals surface area contributed by atoms with Gasteiger partial charge in [-0.2, -0.15) is 0 Å². The first-order chi connectivity index (χ1) is 9.85. The van der Waals surface area contributed by atoms with Gasteiger partial charge in [-0.15, -0.1) is 0 Å². The third-order valence-electron chi connectivity index (χ3n) is 3.03. The van der Waals surface area contributed by atoms with E-state index >= 15 is 0 Å². The second kappa shape index (κ2) is 8.11. The van der Waals surface area contributed by atoms with Crippen LogP contribution in [0.25, 0.3) is 0 Å². The van der Waals surface area contributed by atoms with Gasteiger partial charge in [0, 0.05) is 15.6 Å². The summed E-state index contributed by atoms with van der Waals surface area (Å²) in [7, 11) is 0. The third-order valence-corrected chi connectivity index (χ3v) is 3.75. The molecule has 2 atom stereocenters. The van der Waals surface area contributed by atoms with Crippen molar-refractivity contribution in [1.29, 1.82) is 0 Å². The Kier molecular flexibility index (Phi) is 6.80. The normalized spacial score (nSPS) is 13.3. The average molecular weight is 404 g/mol. The number of aliphatic carboxylic acids is 1. The van der Waals surface area contributed by atoms with Crippen LogP contribution in [0.3, 0.4) is 0 Å². The fourth-order valence-electron chi connectivity index (χ4n) is 1.57. The van der Waals surface area contributed by atoms with Crippen LogP contribution in [0.1, 0.15) is 37.0 Å². The molecule has 0 aromatic heterocycles. The number of rotatable bonds is 7. The molecule has 1 rings (SSSR count). The van der Waals surface area contributed by atoms with Crippen molar-refractivity contribution in [3.63, 3.8) is 0 Å². The molecular formula is C15H17IO5. The second-order valence-corrected chi connectivity index (χ2v) is 5.93. The molecule has 0 aliphatic carbocycles. The smallest absolute Gasteiger partial charge is 0.321 e. The van der Waals surface area contributed by atoms with Crippen LogP contribution < -0.4 is 0 Å². The predicted molar refractivity (Wildman–Crippen MR) is 85.1 cm³/mol. The number of ketones is 1. The van der Waals surface area contributed by atoms with Gasteiger partial charge in [-0.25, -0.2) is 0 Å². The van der Waals surface area contributed by atoms with Crippen molar-refractivity contribution < 1.29 is 24.2 Å². The van der Waals surface area contributed by atoms with E-state index < -0.39 is 24.3 Å². The van der Waals surface area contributed by atoms with Gasteiger partial charge >= 0.3 is 11.9 Å². The zero-order valence-electron chi connectivity index (χ0n) is 11.8. The Bertz CT molecular complexity index is 523. The fraction of sp³-hybridized carbons (Fsp3) is 0.400. The Morgan fingerprint density at radius 3 is 2.29 bits per heavy atom. The third kappa shape index (κ3) is 5.45. The van der Waals surface area contributed by atoms with E-state index in [0.29, 0.717) is 12.0 Å². The molecule has 0 radical (unpaired) electrons. The van der Waals surface area contributed by atoms with E-state index in [-0.39, 0.29) is 11.9 Å². The highest BCUT2D eigenvalue weighted by Crippen LogP contribution is 2.15. The number of hydrogen-bond acceptors (Lipinski definition) is 4. The monoisotopic (exact) mass is 404 g/mol. The van der Waals surface area contributed by atoms with Crippen LogP contribution in [0.15, 0.2) is 24.3 Å². The minimum absolute atomic E-state index is 0.368. The number of carbonyl (C=O) groups is 3.